The molecule has 4 rings (SSSR count). The van der Waals surface area contributed by atoms with Gasteiger partial charge in [-0.1, -0.05) is 60.2 Å². The quantitative estimate of drug-likeness (QED) is 0.470. The minimum Gasteiger partial charge on any atom is -0.395 e. The molecular weight excluding hydrogens is 433 g/mol. The van der Waals surface area contributed by atoms with Crippen molar-refractivity contribution in [3.8, 4) is 11.3 Å². The molecule has 2 aromatic heterocycles. The van der Waals surface area contributed by atoms with Crippen molar-refractivity contribution in [2.45, 2.75) is 19.6 Å². The molecule has 0 aliphatic heterocycles. The Kier molecular flexibility index (Phi) is 6.15. The molecule has 0 aliphatic carbocycles. The van der Waals surface area contributed by atoms with E-state index in [1.54, 1.807) is 24.3 Å². The maximum absolute atomic E-state index is 13.8. The minimum atomic E-state index is -4.71. The van der Waals surface area contributed by atoms with Crippen molar-refractivity contribution in [3.05, 3.63) is 89.2 Å². The van der Waals surface area contributed by atoms with Crippen molar-refractivity contribution in [2.75, 3.05) is 13.2 Å². The van der Waals surface area contributed by atoms with Crippen LogP contribution in [0.15, 0.2) is 66.7 Å². The van der Waals surface area contributed by atoms with Crippen LogP contribution in [0.25, 0.3) is 16.9 Å². The highest BCUT2D eigenvalue weighted by atomic mass is 19.4. The summed E-state index contributed by atoms with van der Waals surface area (Å²) < 4.78 is 42.2. The van der Waals surface area contributed by atoms with Gasteiger partial charge < -0.3 is 10.0 Å². The van der Waals surface area contributed by atoms with E-state index in [0.29, 0.717) is 10.1 Å². The molecule has 1 N–H and O–H groups in total. The second-order valence-electron chi connectivity index (χ2n) is 7.63. The Morgan fingerprint density at radius 2 is 1.76 bits per heavy atom. The van der Waals surface area contributed by atoms with Crippen molar-refractivity contribution in [1.82, 2.24) is 19.5 Å². The fourth-order valence-corrected chi connectivity index (χ4v) is 3.49. The summed E-state index contributed by atoms with van der Waals surface area (Å²) in [5.74, 6) is -0.594. The zero-order valence-corrected chi connectivity index (χ0v) is 17.8. The molecule has 33 heavy (non-hydrogen) atoms. The van der Waals surface area contributed by atoms with E-state index in [-0.39, 0.29) is 36.7 Å². The average molecular weight is 454 g/mol. The van der Waals surface area contributed by atoms with Gasteiger partial charge >= 0.3 is 6.18 Å². The van der Waals surface area contributed by atoms with Crippen LogP contribution >= 0.6 is 0 Å². The number of aryl methyl sites for hydroxylation is 1. The minimum absolute atomic E-state index is 0.00969. The molecule has 0 radical (unpaired) electrons. The van der Waals surface area contributed by atoms with Crippen LogP contribution in [0.1, 0.15) is 27.3 Å². The predicted molar refractivity (Wildman–Crippen MR) is 116 cm³/mol. The number of nitrogens with zero attached hydrogens (tertiary/aromatic N) is 4. The number of aromatic nitrogens is 3. The summed E-state index contributed by atoms with van der Waals surface area (Å²) in [5, 5.41) is 13.3. The van der Waals surface area contributed by atoms with Crippen LogP contribution in [-0.2, 0) is 12.7 Å². The van der Waals surface area contributed by atoms with Crippen LogP contribution in [0.2, 0.25) is 0 Å². The Morgan fingerprint density at radius 3 is 2.39 bits per heavy atom. The summed E-state index contributed by atoms with van der Waals surface area (Å²) in [5.41, 5.74) is 1.14. The van der Waals surface area contributed by atoms with Crippen molar-refractivity contribution < 1.29 is 23.1 Å². The van der Waals surface area contributed by atoms with Gasteiger partial charge in [0.05, 0.1) is 12.3 Å². The lowest BCUT2D eigenvalue weighted by Crippen LogP contribution is -2.33. The lowest BCUT2D eigenvalue weighted by atomic mass is 10.1. The Morgan fingerprint density at radius 1 is 1.06 bits per heavy atom. The second kappa shape index (κ2) is 9.03. The lowest BCUT2D eigenvalue weighted by molar-refractivity contribution is -0.142. The van der Waals surface area contributed by atoms with Gasteiger partial charge in [-0.3, -0.25) is 4.79 Å². The normalized spacial score (nSPS) is 11.7. The van der Waals surface area contributed by atoms with Crippen molar-refractivity contribution in [2.24, 2.45) is 0 Å². The van der Waals surface area contributed by atoms with E-state index in [2.05, 4.69) is 10.1 Å². The summed E-state index contributed by atoms with van der Waals surface area (Å²) in [6.07, 6.45) is -4.71. The highest BCUT2D eigenvalue weighted by Crippen LogP contribution is 2.32. The standard InChI is InChI=1S/C24H21F3N4O2/c1-16-7-9-18(10-8-16)19-13-21(24(25,26)27)31-22(28-19)14-20(29-31)23(33)30(11-12-32)15-17-5-3-2-4-6-17/h2-10,13-14,32H,11-12,15H2,1H3. The van der Waals surface area contributed by atoms with Crippen LogP contribution in [0.4, 0.5) is 13.2 Å². The number of carbonyl (C=O) groups is 1. The third-order valence-corrected chi connectivity index (χ3v) is 5.16. The van der Waals surface area contributed by atoms with Crippen LogP contribution in [-0.4, -0.2) is 43.7 Å². The predicted octanol–water partition coefficient (Wildman–Crippen LogP) is 4.36. The first-order chi connectivity index (χ1) is 15.8. The maximum atomic E-state index is 13.8. The first-order valence-electron chi connectivity index (χ1n) is 10.3. The van der Waals surface area contributed by atoms with Crippen molar-refractivity contribution in [1.29, 1.82) is 0 Å². The molecule has 0 spiro atoms. The summed E-state index contributed by atoms with van der Waals surface area (Å²) in [6.45, 7) is 1.78. The number of hydrogen-bond acceptors (Lipinski definition) is 4. The Hall–Kier alpha value is -3.72. The molecule has 4 aromatic rings. The summed E-state index contributed by atoms with van der Waals surface area (Å²) >= 11 is 0. The number of rotatable bonds is 6. The van der Waals surface area contributed by atoms with E-state index >= 15 is 0 Å². The maximum Gasteiger partial charge on any atom is 0.433 e. The molecule has 170 valence electrons. The molecule has 6 nitrogen and oxygen atoms in total. The zero-order chi connectivity index (χ0) is 23.6. The third kappa shape index (κ3) is 4.88. The van der Waals surface area contributed by atoms with E-state index in [1.165, 1.54) is 11.0 Å². The summed E-state index contributed by atoms with van der Waals surface area (Å²) in [6, 6.07) is 18.2. The van der Waals surface area contributed by atoms with E-state index in [1.807, 2.05) is 37.3 Å². The topological polar surface area (TPSA) is 70.7 Å². The number of hydrogen-bond donors (Lipinski definition) is 1. The van der Waals surface area contributed by atoms with Crippen molar-refractivity contribution >= 4 is 11.6 Å². The highest BCUT2D eigenvalue weighted by molar-refractivity contribution is 5.93. The van der Waals surface area contributed by atoms with E-state index in [9.17, 15) is 23.1 Å². The van der Waals surface area contributed by atoms with Gasteiger partial charge in [-0.15, -0.1) is 0 Å². The Labute approximate surface area is 187 Å². The van der Waals surface area contributed by atoms with Crippen molar-refractivity contribution in [3.63, 3.8) is 0 Å². The Bertz CT molecular complexity index is 1270. The zero-order valence-electron chi connectivity index (χ0n) is 17.8. The molecule has 0 bridgehead atoms. The molecule has 9 heteroatoms. The SMILES string of the molecule is Cc1ccc(-c2cc(C(F)(F)F)n3nc(C(=O)N(CCO)Cc4ccccc4)cc3n2)cc1. The highest BCUT2D eigenvalue weighted by Gasteiger charge is 2.36. The van der Waals surface area contributed by atoms with E-state index in [0.717, 1.165) is 17.2 Å². The molecular formula is C24H21F3N4O2. The molecule has 0 saturated heterocycles. The molecule has 0 atom stereocenters. The molecule has 0 saturated carbocycles. The molecule has 1 amide bonds. The number of aliphatic hydroxyl groups is 1. The van der Waals surface area contributed by atoms with E-state index in [4.69, 9.17) is 0 Å². The van der Waals surface area contributed by atoms with Crippen LogP contribution in [0, 0.1) is 6.92 Å². The number of alkyl halides is 3. The van der Waals surface area contributed by atoms with Gasteiger partial charge in [0.25, 0.3) is 5.91 Å². The number of aliphatic hydroxyl groups excluding tert-OH is 1. The molecule has 0 unspecified atom stereocenters. The van der Waals surface area contributed by atoms with Gasteiger partial charge in [-0.25, -0.2) is 9.50 Å². The van der Waals surface area contributed by atoms with E-state index < -0.39 is 17.8 Å². The van der Waals surface area contributed by atoms with Gasteiger partial charge in [0.2, 0.25) is 0 Å². The van der Waals surface area contributed by atoms with Gasteiger partial charge in [-0.05, 0) is 18.6 Å². The fraction of sp³-hybridized carbons (Fsp3) is 0.208. The molecule has 0 fully saturated rings. The molecule has 0 aliphatic rings. The monoisotopic (exact) mass is 454 g/mol. The Balaban J connectivity index is 1.76. The number of carbonyl (C=O) groups excluding carboxylic acids is 1. The van der Waals surface area contributed by atoms with Gasteiger partial charge in [0.1, 0.15) is 0 Å². The largest absolute Gasteiger partial charge is 0.433 e. The summed E-state index contributed by atoms with van der Waals surface area (Å²) in [4.78, 5) is 18.8. The first-order valence-corrected chi connectivity index (χ1v) is 10.3. The fourth-order valence-electron chi connectivity index (χ4n) is 3.49. The third-order valence-electron chi connectivity index (χ3n) is 5.16. The number of amides is 1. The van der Waals surface area contributed by atoms with Gasteiger partial charge in [0, 0.05) is 24.7 Å². The summed E-state index contributed by atoms with van der Waals surface area (Å²) in [7, 11) is 0. The number of benzene rings is 2. The van der Waals surface area contributed by atoms with Crippen LogP contribution in [0.5, 0.6) is 0 Å². The smallest absolute Gasteiger partial charge is 0.395 e. The molecule has 2 heterocycles. The lowest BCUT2D eigenvalue weighted by Gasteiger charge is -2.20. The number of halogens is 3. The van der Waals surface area contributed by atoms with Crippen LogP contribution < -0.4 is 0 Å². The second-order valence-corrected chi connectivity index (χ2v) is 7.63. The van der Waals surface area contributed by atoms with Crippen LogP contribution in [0.3, 0.4) is 0 Å². The van der Waals surface area contributed by atoms with Gasteiger partial charge in [-0.2, -0.15) is 18.3 Å². The average Bonchev–Trinajstić information content (AvgIpc) is 3.22. The first kappa shape index (κ1) is 22.5. The van der Waals surface area contributed by atoms with Gasteiger partial charge in [0.15, 0.2) is 17.0 Å². The number of fused-ring (bicyclic) bond motifs is 1. The molecule has 2 aromatic carbocycles.